The van der Waals surface area contributed by atoms with Gasteiger partial charge in [0.15, 0.2) is 0 Å². The number of carbonyl (C=O) groups is 2. The van der Waals surface area contributed by atoms with E-state index >= 15 is 0 Å². The second-order valence-electron chi connectivity index (χ2n) is 18.3. The lowest BCUT2D eigenvalue weighted by Gasteiger charge is -2.61. The molecule has 2 aromatic carbocycles. The van der Waals surface area contributed by atoms with E-state index in [0.717, 1.165) is 47.8 Å². The van der Waals surface area contributed by atoms with Crippen LogP contribution in [0.4, 0.5) is 0 Å². The summed E-state index contributed by atoms with van der Waals surface area (Å²) in [5.74, 6) is 2.64. The van der Waals surface area contributed by atoms with E-state index in [1.54, 1.807) is 0 Å². The van der Waals surface area contributed by atoms with Crippen molar-refractivity contribution in [2.24, 2.45) is 58.2 Å². The number of rotatable bonds is 12. The standard InChI is InChI=1S/C45H60Cl2O6/c1-25(2)8-6-9-26(3)35-14-15-36-32-13-12-30-20-27(16-18-44(30,4)37(32)17-19-45(35,36)5)10-7-11-31(28-21-33(42(50)51)40(48)38(46)23-28)29-22-34(43(52)53)41(49)39(47)24-29/h11,21-27,30,32,35-37,48-49H,6-10,12-20H2,1-5H3,(H,50,51)(H,52,53)/t26?,27-,30?,32-,35+,36-,37-,44-,45+/m0/s1. The van der Waals surface area contributed by atoms with Crippen LogP contribution in [0.25, 0.3) is 5.57 Å². The van der Waals surface area contributed by atoms with Crippen LogP contribution in [-0.4, -0.2) is 32.4 Å². The fraction of sp³-hybridized carbons (Fsp3) is 0.644. The quantitative estimate of drug-likeness (QED) is 0.171. The Kier molecular flexibility index (Phi) is 11.9. The largest absolute Gasteiger partial charge is 0.505 e. The third kappa shape index (κ3) is 7.75. The van der Waals surface area contributed by atoms with Gasteiger partial charge in [-0.15, -0.1) is 0 Å². The molecule has 4 fully saturated rings. The molecule has 6 nitrogen and oxygen atoms in total. The minimum Gasteiger partial charge on any atom is -0.505 e. The summed E-state index contributed by atoms with van der Waals surface area (Å²) in [6.07, 6.45) is 19.8. The van der Waals surface area contributed by atoms with Crippen LogP contribution in [-0.2, 0) is 0 Å². The molecule has 4 aliphatic rings. The number of aromatic carboxylic acids is 2. The number of fused-ring (bicyclic) bond motifs is 5. The monoisotopic (exact) mass is 766 g/mol. The highest BCUT2D eigenvalue weighted by Crippen LogP contribution is 2.69. The van der Waals surface area contributed by atoms with Crippen LogP contribution >= 0.6 is 23.2 Å². The van der Waals surface area contributed by atoms with Crippen LogP contribution in [0.3, 0.4) is 0 Å². The molecule has 290 valence electrons. The van der Waals surface area contributed by atoms with Gasteiger partial charge in [-0.1, -0.05) is 83.2 Å². The highest BCUT2D eigenvalue weighted by molar-refractivity contribution is 6.33. The van der Waals surface area contributed by atoms with Crippen LogP contribution in [0, 0.1) is 58.2 Å². The van der Waals surface area contributed by atoms with E-state index in [1.165, 1.54) is 101 Å². The Morgan fingerprint density at radius 2 is 1.38 bits per heavy atom. The number of phenols is 2. The SMILES string of the molecule is CC(C)CCCC(C)[C@H]1CC[C@H]2[C@@H]3CCC4C[C@@H](CCC=C(c5cc(Cl)c(O)c(C(=O)O)c5)c5cc(Cl)c(O)c(C(=O)O)c5)CC[C@]4(C)[C@H]3CC[C@]12C. The minimum absolute atomic E-state index is 0.122. The Labute approximate surface area is 326 Å². The lowest BCUT2D eigenvalue weighted by molar-refractivity contribution is -0.121. The maximum atomic E-state index is 12.0. The number of allylic oxidation sites excluding steroid dienone is 1. The molecule has 2 unspecified atom stereocenters. The molecule has 0 aromatic heterocycles. The average molecular weight is 768 g/mol. The van der Waals surface area contributed by atoms with Gasteiger partial charge in [-0.2, -0.15) is 0 Å². The van der Waals surface area contributed by atoms with Crippen molar-refractivity contribution < 1.29 is 30.0 Å². The molecule has 0 aliphatic heterocycles. The smallest absolute Gasteiger partial charge is 0.339 e. The first-order valence-electron chi connectivity index (χ1n) is 20.3. The molecule has 0 heterocycles. The number of carboxylic acid groups (broad SMARTS) is 2. The van der Waals surface area contributed by atoms with Gasteiger partial charge < -0.3 is 20.4 Å². The molecule has 4 N–H and O–H groups in total. The van der Waals surface area contributed by atoms with Gasteiger partial charge in [0.25, 0.3) is 0 Å². The van der Waals surface area contributed by atoms with Gasteiger partial charge in [-0.05, 0) is 170 Å². The zero-order valence-electron chi connectivity index (χ0n) is 32.3. The fourth-order valence-corrected chi connectivity index (χ4v) is 12.8. The predicted octanol–water partition coefficient (Wildman–Crippen LogP) is 12.8. The minimum atomic E-state index is -1.33. The number of hydrogen-bond donors (Lipinski definition) is 4. The summed E-state index contributed by atoms with van der Waals surface area (Å²) in [4.78, 5) is 23.9. The lowest BCUT2D eigenvalue weighted by Crippen LogP contribution is -2.53. The van der Waals surface area contributed by atoms with Gasteiger partial charge in [0.2, 0.25) is 0 Å². The third-order valence-corrected chi connectivity index (χ3v) is 15.7. The maximum absolute atomic E-state index is 12.0. The molecule has 0 radical (unpaired) electrons. The second-order valence-corrected chi connectivity index (χ2v) is 19.2. The molecule has 4 saturated carbocycles. The van der Waals surface area contributed by atoms with Crippen molar-refractivity contribution in [3.8, 4) is 11.5 Å². The average Bonchev–Trinajstić information content (AvgIpc) is 3.46. The van der Waals surface area contributed by atoms with E-state index < -0.39 is 23.4 Å². The van der Waals surface area contributed by atoms with Crippen molar-refractivity contribution in [2.45, 2.75) is 125 Å². The van der Waals surface area contributed by atoms with Gasteiger partial charge in [-0.3, -0.25) is 0 Å². The van der Waals surface area contributed by atoms with Gasteiger partial charge in [-0.25, -0.2) is 9.59 Å². The zero-order chi connectivity index (χ0) is 38.4. The molecule has 0 saturated heterocycles. The second kappa shape index (κ2) is 15.8. The molecular weight excluding hydrogens is 707 g/mol. The Morgan fingerprint density at radius 1 is 0.792 bits per heavy atom. The maximum Gasteiger partial charge on any atom is 0.339 e. The summed E-state index contributed by atoms with van der Waals surface area (Å²) < 4.78 is 0. The van der Waals surface area contributed by atoms with Gasteiger partial charge >= 0.3 is 11.9 Å². The highest BCUT2D eigenvalue weighted by Gasteiger charge is 2.60. The van der Waals surface area contributed by atoms with Crippen molar-refractivity contribution in [2.75, 3.05) is 0 Å². The number of carboxylic acids is 2. The number of benzene rings is 2. The van der Waals surface area contributed by atoms with Crippen LogP contribution in [0.5, 0.6) is 11.5 Å². The topological polar surface area (TPSA) is 115 Å². The van der Waals surface area contributed by atoms with E-state index in [9.17, 15) is 30.0 Å². The Bertz CT molecular complexity index is 1660. The van der Waals surface area contributed by atoms with E-state index in [4.69, 9.17) is 23.2 Å². The number of hydrogen-bond acceptors (Lipinski definition) is 4. The van der Waals surface area contributed by atoms with E-state index in [2.05, 4.69) is 34.6 Å². The van der Waals surface area contributed by atoms with E-state index in [0.29, 0.717) is 39.9 Å². The van der Waals surface area contributed by atoms with Gasteiger partial charge in [0.1, 0.15) is 22.6 Å². The van der Waals surface area contributed by atoms with E-state index in [-0.39, 0.29) is 21.2 Å². The fourth-order valence-electron chi connectivity index (χ4n) is 12.3. The summed E-state index contributed by atoms with van der Waals surface area (Å²) in [5, 5.41) is 40.0. The van der Waals surface area contributed by atoms with Crippen molar-refractivity contribution in [1.29, 1.82) is 0 Å². The molecule has 8 heteroatoms. The third-order valence-electron chi connectivity index (χ3n) is 15.1. The first-order valence-corrected chi connectivity index (χ1v) is 21.0. The highest BCUT2D eigenvalue weighted by atomic mass is 35.5. The molecule has 2 aromatic rings. The normalized spacial score (nSPS) is 31.3. The summed E-state index contributed by atoms with van der Waals surface area (Å²) in [6, 6.07) is 5.65. The van der Waals surface area contributed by atoms with Crippen molar-refractivity contribution in [3.63, 3.8) is 0 Å². The Morgan fingerprint density at radius 3 is 1.96 bits per heavy atom. The number of aromatic hydroxyl groups is 2. The lowest BCUT2D eigenvalue weighted by atomic mass is 9.44. The molecule has 4 aliphatic carbocycles. The van der Waals surface area contributed by atoms with Crippen molar-refractivity contribution in [1.82, 2.24) is 0 Å². The van der Waals surface area contributed by atoms with E-state index in [1.807, 2.05) is 6.08 Å². The van der Waals surface area contributed by atoms with Gasteiger partial charge in [0, 0.05) is 0 Å². The van der Waals surface area contributed by atoms with Crippen LogP contribution in [0.1, 0.15) is 156 Å². The molecule has 0 spiro atoms. The first kappa shape index (κ1) is 40.0. The summed E-state index contributed by atoms with van der Waals surface area (Å²) in [7, 11) is 0. The molecular formula is C45H60Cl2O6. The van der Waals surface area contributed by atoms with Crippen LogP contribution in [0.15, 0.2) is 30.3 Å². The van der Waals surface area contributed by atoms with Gasteiger partial charge in [0.05, 0.1) is 10.0 Å². The predicted molar refractivity (Wildman–Crippen MR) is 213 cm³/mol. The van der Waals surface area contributed by atoms with Crippen LogP contribution in [0.2, 0.25) is 10.0 Å². The van der Waals surface area contributed by atoms with Crippen LogP contribution < -0.4 is 0 Å². The van der Waals surface area contributed by atoms with Crippen molar-refractivity contribution in [3.05, 3.63) is 62.6 Å². The summed E-state index contributed by atoms with van der Waals surface area (Å²) >= 11 is 12.6. The first-order chi connectivity index (χ1) is 25.0. The zero-order valence-corrected chi connectivity index (χ0v) is 33.8. The van der Waals surface area contributed by atoms with Crippen molar-refractivity contribution >= 4 is 40.7 Å². The summed E-state index contributed by atoms with van der Waals surface area (Å²) in [5.41, 5.74) is 1.58. The Balaban J connectivity index is 1.17. The molecule has 0 amide bonds. The number of halogens is 2. The molecule has 6 rings (SSSR count). The Hall–Kier alpha value is -2.70. The summed E-state index contributed by atoms with van der Waals surface area (Å²) in [6.45, 7) is 12.6. The molecule has 9 atom stereocenters. The molecule has 53 heavy (non-hydrogen) atoms. The molecule has 0 bridgehead atoms.